The Hall–Kier alpha value is -3.80. The summed E-state index contributed by atoms with van der Waals surface area (Å²) in [5, 5.41) is 1.16. The van der Waals surface area contributed by atoms with Gasteiger partial charge in [-0.1, -0.05) is 19.9 Å². The highest BCUT2D eigenvalue weighted by Gasteiger charge is 2.28. The molecule has 4 aromatic rings. The molecule has 2 heterocycles. The molecule has 5 rings (SSSR count). The second-order valence-electron chi connectivity index (χ2n) is 10.4. The van der Waals surface area contributed by atoms with Gasteiger partial charge in [0.25, 0.3) is 0 Å². The zero-order chi connectivity index (χ0) is 28.2. The van der Waals surface area contributed by atoms with Crippen LogP contribution in [-0.4, -0.2) is 37.6 Å². The monoisotopic (exact) mass is 543 g/mol. The Bertz CT molecular complexity index is 1490. The lowest BCUT2D eigenvalue weighted by molar-refractivity contribution is 0.271. The van der Waals surface area contributed by atoms with Crippen molar-refractivity contribution in [1.29, 1.82) is 0 Å². The molecule has 0 atom stereocenters. The van der Waals surface area contributed by atoms with Gasteiger partial charge in [0.2, 0.25) is 0 Å². The molecule has 0 N–H and O–H groups in total. The first-order valence-corrected chi connectivity index (χ1v) is 14.6. The normalized spacial score (nSPS) is 12.3. The van der Waals surface area contributed by atoms with Crippen LogP contribution >= 0.6 is 0 Å². The van der Waals surface area contributed by atoms with E-state index in [9.17, 15) is 0 Å². The lowest BCUT2D eigenvalue weighted by Crippen LogP contribution is -2.12. The summed E-state index contributed by atoms with van der Waals surface area (Å²) in [6.45, 7) is 16.2. The van der Waals surface area contributed by atoms with E-state index >= 15 is 0 Å². The Morgan fingerprint density at radius 3 is 2.02 bits per heavy atom. The Morgan fingerprint density at radius 1 is 0.700 bits per heavy atom. The second kappa shape index (κ2) is 12.2. The van der Waals surface area contributed by atoms with Crippen molar-refractivity contribution >= 4 is 10.9 Å². The molecular formula is C34H41NO5. The van der Waals surface area contributed by atoms with Gasteiger partial charge in [-0.25, -0.2) is 0 Å². The number of aryl methyl sites for hydroxylation is 2. The lowest BCUT2D eigenvalue weighted by atomic mass is 9.92. The largest absolute Gasteiger partial charge is 0.493 e. The van der Waals surface area contributed by atoms with Crippen LogP contribution in [0.15, 0.2) is 48.5 Å². The molecular weight excluding hydrogens is 502 g/mol. The van der Waals surface area contributed by atoms with E-state index in [0.717, 1.165) is 58.2 Å². The zero-order valence-electron chi connectivity index (χ0n) is 24.6. The fourth-order valence-electron chi connectivity index (χ4n) is 5.50. The summed E-state index contributed by atoms with van der Waals surface area (Å²) in [6.07, 6.45) is 0.914. The van der Waals surface area contributed by atoms with Gasteiger partial charge < -0.3 is 28.3 Å². The van der Waals surface area contributed by atoms with Crippen molar-refractivity contribution in [2.75, 3.05) is 33.0 Å². The van der Waals surface area contributed by atoms with Crippen LogP contribution in [0.1, 0.15) is 47.1 Å². The van der Waals surface area contributed by atoms with E-state index in [4.69, 9.17) is 23.7 Å². The first-order chi connectivity index (χ1) is 19.5. The summed E-state index contributed by atoms with van der Waals surface area (Å²) in [5.41, 5.74) is 7.02. The molecule has 1 aromatic heterocycles. The molecule has 3 aromatic carbocycles. The number of hydrogen-bond acceptors (Lipinski definition) is 5. The molecule has 0 amide bonds. The van der Waals surface area contributed by atoms with E-state index in [2.05, 4.69) is 60.9 Å². The maximum Gasteiger partial charge on any atom is 0.161 e. The number of fused-ring (bicyclic) bond motifs is 5. The number of nitrogens with zero attached hydrogens (tertiary/aromatic N) is 1. The minimum atomic E-state index is 0.445. The van der Waals surface area contributed by atoms with Gasteiger partial charge in [-0.3, -0.25) is 0 Å². The molecule has 0 fully saturated rings. The van der Waals surface area contributed by atoms with Crippen LogP contribution in [0.4, 0.5) is 0 Å². The molecule has 1 aliphatic rings. The van der Waals surface area contributed by atoms with E-state index in [0.29, 0.717) is 39.0 Å². The summed E-state index contributed by atoms with van der Waals surface area (Å²) >= 11 is 0. The third-order valence-electron chi connectivity index (χ3n) is 7.08. The summed E-state index contributed by atoms with van der Waals surface area (Å²) in [5.74, 6) is 4.41. The number of benzene rings is 3. The van der Waals surface area contributed by atoms with E-state index in [1.807, 2.05) is 33.8 Å². The SMILES string of the molecule is CCOc1ccc(-c2c3n(c4ccc(OCC(C)C)cc24)CCc2cc(OCC)c(OCC)cc2-3)cc1OCC. The van der Waals surface area contributed by atoms with Gasteiger partial charge in [0.05, 0.1) is 38.7 Å². The topological polar surface area (TPSA) is 51.1 Å². The van der Waals surface area contributed by atoms with Gasteiger partial charge in [-0.15, -0.1) is 0 Å². The summed E-state index contributed by atoms with van der Waals surface area (Å²) in [6, 6.07) is 17.1. The number of aromatic nitrogens is 1. The highest BCUT2D eigenvalue weighted by atomic mass is 16.5. The average molecular weight is 544 g/mol. The van der Waals surface area contributed by atoms with Crippen molar-refractivity contribution in [1.82, 2.24) is 4.57 Å². The van der Waals surface area contributed by atoms with Gasteiger partial charge in [0.1, 0.15) is 5.75 Å². The number of hydrogen-bond donors (Lipinski definition) is 0. The van der Waals surface area contributed by atoms with Crippen molar-refractivity contribution in [3.8, 4) is 51.1 Å². The third-order valence-corrected chi connectivity index (χ3v) is 7.08. The molecule has 0 spiro atoms. The van der Waals surface area contributed by atoms with Gasteiger partial charge >= 0.3 is 0 Å². The van der Waals surface area contributed by atoms with Gasteiger partial charge in [-0.2, -0.15) is 0 Å². The van der Waals surface area contributed by atoms with Crippen LogP contribution < -0.4 is 23.7 Å². The van der Waals surface area contributed by atoms with Crippen LogP contribution in [0.3, 0.4) is 0 Å². The average Bonchev–Trinajstić information content (AvgIpc) is 3.28. The Labute approximate surface area is 237 Å². The second-order valence-corrected chi connectivity index (χ2v) is 10.4. The summed E-state index contributed by atoms with van der Waals surface area (Å²) < 4.78 is 32.6. The Morgan fingerprint density at radius 2 is 1.35 bits per heavy atom. The maximum atomic E-state index is 6.18. The maximum absolute atomic E-state index is 6.18. The van der Waals surface area contributed by atoms with Crippen molar-refractivity contribution in [2.45, 2.75) is 54.5 Å². The number of ether oxygens (including phenoxy) is 5. The first kappa shape index (κ1) is 27.8. The highest BCUT2D eigenvalue weighted by molar-refractivity contribution is 6.06. The predicted octanol–water partition coefficient (Wildman–Crippen LogP) is 8.16. The zero-order valence-corrected chi connectivity index (χ0v) is 24.6. The fraction of sp³-hybridized carbons (Fsp3) is 0.412. The van der Waals surface area contributed by atoms with Crippen LogP contribution in [0, 0.1) is 5.92 Å². The van der Waals surface area contributed by atoms with E-state index in [1.165, 1.54) is 22.3 Å². The van der Waals surface area contributed by atoms with E-state index < -0.39 is 0 Å². The lowest BCUT2D eigenvalue weighted by Gasteiger charge is -2.24. The highest BCUT2D eigenvalue weighted by Crippen LogP contribution is 2.49. The summed E-state index contributed by atoms with van der Waals surface area (Å²) in [4.78, 5) is 0. The first-order valence-electron chi connectivity index (χ1n) is 14.6. The van der Waals surface area contributed by atoms with Crippen LogP contribution in [-0.2, 0) is 13.0 Å². The third kappa shape index (κ3) is 5.32. The smallest absolute Gasteiger partial charge is 0.161 e. The molecule has 1 aliphatic heterocycles. The van der Waals surface area contributed by atoms with Crippen molar-refractivity contribution in [2.24, 2.45) is 5.92 Å². The van der Waals surface area contributed by atoms with Crippen LogP contribution in [0.5, 0.6) is 28.7 Å². The van der Waals surface area contributed by atoms with Gasteiger partial charge in [-0.05, 0) is 93.6 Å². The van der Waals surface area contributed by atoms with Crippen LogP contribution in [0.25, 0.3) is 33.3 Å². The molecule has 0 aliphatic carbocycles. The number of rotatable bonds is 12. The fourth-order valence-corrected chi connectivity index (χ4v) is 5.50. The molecule has 0 unspecified atom stereocenters. The minimum absolute atomic E-state index is 0.445. The summed E-state index contributed by atoms with van der Waals surface area (Å²) in [7, 11) is 0. The Kier molecular flexibility index (Phi) is 8.43. The van der Waals surface area contributed by atoms with Gasteiger partial charge in [0.15, 0.2) is 23.0 Å². The minimum Gasteiger partial charge on any atom is -0.493 e. The molecule has 0 bridgehead atoms. The molecule has 40 heavy (non-hydrogen) atoms. The molecule has 212 valence electrons. The molecule has 6 heteroatoms. The van der Waals surface area contributed by atoms with E-state index in [-0.39, 0.29) is 0 Å². The molecule has 0 radical (unpaired) electrons. The van der Waals surface area contributed by atoms with Gasteiger partial charge in [0, 0.05) is 28.6 Å². The molecule has 6 nitrogen and oxygen atoms in total. The quantitative estimate of drug-likeness (QED) is 0.180. The molecule has 0 saturated heterocycles. The van der Waals surface area contributed by atoms with Crippen molar-refractivity contribution in [3.63, 3.8) is 0 Å². The predicted molar refractivity (Wildman–Crippen MR) is 162 cm³/mol. The van der Waals surface area contributed by atoms with Crippen molar-refractivity contribution < 1.29 is 23.7 Å². The Balaban J connectivity index is 1.78. The van der Waals surface area contributed by atoms with Crippen molar-refractivity contribution in [3.05, 3.63) is 54.1 Å². The molecule has 0 saturated carbocycles. The standard InChI is InChI=1S/C34H41NO5/c1-7-36-29-14-11-24(18-30(29)37-8-2)33-27-19-25(40-21-22(5)6)12-13-28(27)35-16-15-23-17-31(38-9-3)32(39-10-4)20-26(23)34(33)35/h11-14,17-20,22H,7-10,15-16,21H2,1-6H3. The van der Waals surface area contributed by atoms with Crippen LogP contribution in [0.2, 0.25) is 0 Å². The van der Waals surface area contributed by atoms with E-state index in [1.54, 1.807) is 0 Å².